The highest BCUT2D eigenvalue weighted by Gasteiger charge is 2.46. The van der Waals surface area contributed by atoms with E-state index in [0.29, 0.717) is 19.6 Å². The molecule has 1 saturated carbocycles. The molecule has 21 heavy (non-hydrogen) atoms. The van der Waals surface area contributed by atoms with Crippen molar-refractivity contribution in [1.82, 2.24) is 5.32 Å². The highest BCUT2D eigenvalue weighted by Crippen LogP contribution is 2.33. The van der Waals surface area contributed by atoms with Crippen LogP contribution in [-0.4, -0.2) is 50.1 Å². The molecule has 1 rings (SSSR count). The van der Waals surface area contributed by atoms with Crippen LogP contribution in [0.15, 0.2) is 0 Å². The van der Waals surface area contributed by atoms with Gasteiger partial charge in [-0.2, -0.15) is 0 Å². The molecule has 1 fully saturated rings. The van der Waals surface area contributed by atoms with E-state index in [-0.39, 0.29) is 17.7 Å². The van der Waals surface area contributed by atoms with Crippen LogP contribution >= 0.6 is 0 Å². The van der Waals surface area contributed by atoms with Gasteiger partial charge in [-0.3, -0.25) is 4.79 Å². The Kier molecular flexibility index (Phi) is 7.10. The standard InChI is InChI=1S/C16H31NO4/c1-6-17-16(14(18)20-7-2)9-8-13(12-16)21-11-10-15(3,4)19-5/h13,17H,6-12H2,1-5H3. The second-order valence-corrected chi connectivity index (χ2v) is 6.28. The Hall–Kier alpha value is -0.650. The van der Waals surface area contributed by atoms with Crippen LogP contribution in [0.3, 0.4) is 0 Å². The van der Waals surface area contributed by atoms with E-state index in [1.165, 1.54) is 0 Å². The number of nitrogens with one attached hydrogen (secondary N) is 1. The maximum atomic E-state index is 12.2. The first-order valence-electron chi connectivity index (χ1n) is 7.98. The molecule has 0 aliphatic heterocycles. The average Bonchev–Trinajstić information content (AvgIpc) is 2.84. The third kappa shape index (κ3) is 5.24. The zero-order chi connectivity index (χ0) is 15.9. The van der Waals surface area contributed by atoms with Crippen LogP contribution in [-0.2, 0) is 19.0 Å². The summed E-state index contributed by atoms with van der Waals surface area (Å²) in [5.74, 6) is -0.143. The van der Waals surface area contributed by atoms with Crippen LogP contribution in [0.2, 0.25) is 0 Å². The molecular formula is C16H31NO4. The van der Waals surface area contributed by atoms with Crippen LogP contribution in [0.1, 0.15) is 53.4 Å². The van der Waals surface area contributed by atoms with Gasteiger partial charge in [0.05, 0.1) is 18.3 Å². The summed E-state index contributed by atoms with van der Waals surface area (Å²) in [7, 11) is 1.71. The topological polar surface area (TPSA) is 56.8 Å². The number of esters is 1. The quantitative estimate of drug-likeness (QED) is 0.662. The van der Waals surface area contributed by atoms with Gasteiger partial charge in [-0.25, -0.2) is 0 Å². The first kappa shape index (κ1) is 18.4. The molecule has 0 heterocycles. The summed E-state index contributed by atoms with van der Waals surface area (Å²) < 4.78 is 16.6. The highest BCUT2D eigenvalue weighted by molar-refractivity contribution is 5.81. The van der Waals surface area contributed by atoms with Crippen molar-refractivity contribution in [3.8, 4) is 0 Å². The summed E-state index contributed by atoms with van der Waals surface area (Å²) in [5.41, 5.74) is -0.731. The lowest BCUT2D eigenvalue weighted by Gasteiger charge is -2.28. The zero-order valence-electron chi connectivity index (χ0n) is 14.2. The number of hydrogen-bond donors (Lipinski definition) is 1. The summed E-state index contributed by atoms with van der Waals surface area (Å²) in [6, 6.07) is 0. The predicted molar refractivity (Wildman–Crippen MR) is 82.3 cm³/mol. The monoisotopic (exact) mass is 301 g/mol. The number of methoxy groups -OCH3 is 1. The van der Waals surface area contributed by atoms with E-state index in [4.69, 9.17) is 14.2 Å². The van der Waals surface area contributed by atoms with Crippen molar-refractivity contribution in [2.45, 2.75) is 70.6 Å². The van der Waals surface area contributed by atoms with Crippen LogP contribution in [0.25, 0.3) is 0 Å². The maximum absolute atomic E-state index is 12.2. The fourth-order valence-corrected chi connectivity index (χ4v) is 2.74. The molecule has 2 unspecified atom stereocenters. The van der Waals surface area contributed by atoms with Gasteiger partial charge < -0.3 is 19.5 Å². The molecule has 5 nitrogen and oxygen atoms in total. The van der Waals surface area contributed by atoms with E-state index in [0.717, 1.165) is 25.8 Å². The predicted octanol–water partition coefficient (Wildman–Crippen LogP) is 2.28. The first-order valence-corrected chi connectivity index (χ1v) is 7.98. The van der Waals surface area contributed by atoms with Gasteiger partial charge in [0.15, 0.2) is 0 Å². The molecule has 0 amide bonds. The molecule has 124 valence electrons. The second kappa shape index (κ2) is 8.11. The van der Waals surface area contributed by atoms with Gasteiger partial charge in [0.2, 0.25) is 0 Å². The summed E-state index contributed by atoms with van der Waals surface area (Å²) in [6.07, 6.45) is 3.30. The highest BCUT2D eigenvalue weighted by atomic mass is 16.5. The minimum atomic E-state index is -0.563. The Balaban J connectivity index is 2.49. The largest absolute Gasteiger partial charge is 0.465 e. The number of carbonyl (C=O) groups excluding carboxylic acids is 1. The van der Waals surface area contributed by atoms with E-state index in [1.54, 1.807) is 7.11 Å². The van der Waals surface area contributed by atoms with Gasteiger partial charge in [0.1, 0.15) is 5.54 Å². The lowest BCUT2D eigenvalue weighted by atomic mass is 9.97. The molecule has 5 heteroatoms. The molecule has 2 atom stereocenters. The third-order valence-electron chi connectivity index (χ3n) is 4.26. The lowest BCUT2D eigenvalue weighted by molar-refractivity contribution is -0.151. The van der Waals surface area contributed by atoms with E-state index in [2.05, 4.69) is 5.32 Å². The van der Waals surface area contributed by atoms with E-state index >= 15 is 0 Å². The van der Waals surface area contributed by atoms with Crippen molar-refractivity contribution in [2.24, 2.45) is 0 Å². The van der Waals surface area contributed by atoms with Gasteiger partial charge in [0, 0.05) is 20.1 Å². The van der Waals surface area contributed by atoms with Crippen molar-refractivity contribution in [1.29, 1.82) is 0 Å². The summed E-state index contributed by atoms with van der Waals surface area (Å²) in [4.78, 5) is 12.2. The van der Waals surface area contributed by atoms with Crippen LogP contribution in [0, 0.1) is 0 Å². The van der Waals surface area contributed by atoms with E-state index in [9.17, 15) is 4.79 Å². The molecule has 0 aromatic carbocycles. The lowest BCUT2D eigenvalue weighted by Crippen LogP contribution is -2.51. The number of ether oxygens (including phenoxy) is 3. The molecule has 0 bridgehead atoms. The van der Waals surface area contributed by atoms with Crippen molar-refractivity contribution in [3.05, 3.63) is 0 Å². The van der Waals surface area contributed by atoms with Crippen molar-refractivity contribution in [3.63, 3.8) is 0 Å². The SMILES string of the molecule is CCNC1(C(=O)OCC)CCC(OCCC(C)(C)OC)C1. The molecule has 0 aromatic rings. The van der Waals surface area contributed by atoms with E-state index < -0.39 is 5.54 Å². The van der Waals surface area contributed by atoms with E-state index in [1.807, 2.05) is 27.7 Å². The third-order valence-corrected chi connectivity index (χ3v) is 4.26. The van der Waals surface area contributed by atoms with Gasteiger partial charge in [-0.1, -0.05) is 6.92 Å². The Morgan fingerprint density at radius 1 is 1.38 bits per heavy atom. The molecule has 1 N–H and O–H groups in total. The summed E-state index contributed by atoms with van der Waals surface area (Å²) >= 11 is 0. The smallest absolute Gasteiger partial charge is 0.326 e. The maximum Gasteiger partial charge on any atom is 0.326 e. The van der Waals surface area contributed by atoms with Crippen molar-refractivity contribution < 1.29 is 19.0 Å². The molecule has 1 aliphatic rings. The number of rotatable bonds is 9. The first-order chi connectivity index (χ1) is 9.89. The van der Waals surface area contributed by atoms with Gasteiger partial charge >= 0.3 is 5.97 Å². The number of carbonyl (C=O) groups is 1. The summed E-state index contributed by atoms with van der Waals surface area (Å²) in [5, 5.41) is 3.31. The van der Waals surface area contributed by atoms with Crippen molar-refractivity contribution >= 4 is 5.97 Å². The number of hydrogen-bond acceptors (Lipinski definition) is 5. The normalized spacial score (nSPS) is 26.0. The average molecular weight is 301 g/mol. The minimum Gasteiger partial charge on any atom is -0.465 e. The fraction of sp³-hybridized carbons (Fsp3) is 0.938. The van der Waals surface area contributed by atoms with Crippen LogP contribution < -0.4 is 5.32 Å². The van der Waals surface area contributed by atoms with Gasteiger partial charge in [-0.15, -0.1) is 0 Å². The molecule has 0 spiro atoms. The van der Waals surface area contributed by atoms with Crippen LogP contribution in [0.5, 0.6) is 0 Å². The van der Waals surface area contributed by atoms with Crippen molar-refractivity contribution in [2.75, 3.05) is 26.9 Å². The number of likely N-dealkylation sites (N-methyl/N-ethyl adjacent to an activating group) is 1. The molecule has 0 aromatic heterocycles. The van der Waals surface area contributed by atoms with Gasteiger partial charge in [0.25, 0.3) is 0 Å². The Morgan fingerprint density at radius 2 is 2.10 bits per heavy atom. The minimum absolute atomic E-state index is 0.112. The second-order valence-electron chi connectivity index (χ2n) is 6.28. The molecular weight excluding hydrogens is 270 g/mol. The summed E-state index contributed by atoms with van der Waals surface area (Å²) in [6.45, 7) is 9.76. The Bertz CT molecular complexity index is 332. The Labute approximate surface area is 128 Å². The fourth-order valence-electron chi connectivity index (χ4n) is 2.74. The zero-order valence-corrected chi connectivity index (χ0v) is 14.2. The van der Waals surface area contributed by atoms with Crippen LogP contribution in [0.4, 0.5) is 0 Å². The Morgan fingerprint density at radius 3 is 2.67 bits per heavy atom. The molecule has 0 radical (unpaired) electrons. The molecule has 1 aliphatic carbocycles. The molecule has 0 saturated heterocycles. The van der Waals surface area contributed by atoms with Gasteiger partial charge in [-0.05, 0) is 46.6 Å².